The van der Waals surface area contributed by atoms with Gasteiger partial charge in [0.25, 0.3) is 0 Å². The second-order valence-electron chi connectivity index (χ2n) is 7.22. The predicted octanol–water partition coefficient (Wildman–Crippen LogP) is 3.90. The molecule has 0 radical (unpaired) electrons. The number of fused-ring (bicyclic) bond motifs is 5. The summed E-state index contributed by atoms with van der Waals surface area (Å²) in [6, 6.07) is 0.886. The molecular weight excluding hydrogens is 218 g/mol. The van der Waals surface area contributed by atoms with Crippen molar-refractivity contribution >= 4 is 0 Å². The van der Waals surface area contributed by atoms with E-state index in [0.717, 1.165) is 29.7 Å². The largest absolute Gasteiger partial charge is 0.313 e. The third-order valence-electron chi connectivity index (χ3n) is 6.42. The Morgan fingerprint density at radius 1 is 1.06 bits per heavy atom. The Bertz CT molecular complexity index is 346. The molecule has 0 aromatic carbocycles. The van der Waals surface area contributed by atoms with Gasteiger partial charge in [0.05, 0.1) is 0 Å². The van der Waals surface area contributed by atoms with E-state index in [2.05, 4.69) is 11.4 Å². The molecule has 0 saturated heterocycles. The molecular formula is C17H27N. The van der Waals surface area contributed by atoms with Crippen LogP contribution in [0.1, 0.15) is 57.8 Å². The third kappa shape index (κ3) is 1.86. The topological polar surface area (TPSA) is 12.0 Å². The summed E-state index contributed by atoms with van der Waals surface area (Å²) < 4.78 is 0. The van der Waals surface area contributed by atoms with Gasteiger partial charge in [-0.15, -0.1) is 0 Å². The highest BCUT2D eigenvalue weighted by Crippen LogP contribution is 2.58. The van der Waals surface area contributed by atoms with Crippen molar-refractivity contribution in [3.8, 4) is 0 Å². The van der Waals surface area contributed by atoms with Crippen molar-refractivity contribution in [2.45, 2.75) is 63.8 Å². The molecule has 100 valence electrons. The Morgan fingerprint density at radius 2 is 2.00 bits per heavy atom. The molecule has 5 unspecified atom stereocenters. The molecule has 1 N–H and O–H groups in total. The minimum Gasteiger partial charge on any atom is -0.313 e. The molecule has 0 aromatic heterocycles. The molecule has 0 heterocycles. The zero-order chi connectivity index (χ0) is 11.9. The van der Waals surface area contributed by atoms with Crippen LogP contribution in [0.25, 0.3) is 0 Å². The molecule has 0 aliphatic heterocycles. The molecule has 0 spiro atoms. The van der Waals surface area contributed by atoms with Gasteiger partial charge in [-0.05, 0) is 81.6 Å². The molecule has 3 saturated carbocycles. The van der Waals surface area contributed by atoms with E-state index in [-0.39, 0.29) is 0 Å². The van der Waals surface area contributed by atoms with Crippen LogP contribution in [0.4, 0.5) is 0 Å². The minimum absolute atomic E-state index is 0.886. The maximum Gasteiger partial charge on any atom is 0.0101 e. The van der Waals surface area contributed by atoms with E-state index >= 15 is 0 Å². The van der Waals surface area contributed by atoms with Crippen LogP contribution in [-0.4, -0.2) is 12.6 Å². The second kappa shape index (κ2) is 4.67. The van der Waals surface area contributed by atoms with Crippen molar-refractivity contribution in [2.24, 2.45) is 23.7 Å². The van der Waals surface area contributed by atoms with E-state index in [4.69, 9.17) is 0 Å². The number of hydrogen-bond donors (Lipinski definition) is 1. The van der Waals surface area contributed by atoms with Crippen molar-refractivity contribution in [1.82, 2.24) is 5.32 Å². The Labute approximate surface area is 111 Å². The smallest absolute Gasteiger partial charge is 0.0101 e. The van der Waals surface area contributed by atoms with Crippen molar-refractivity contribution in [3.05, 3.63) is 11.6 Å². The lowest BCUT2D eigenvalue weighted by Crippen LogP contribution is -2.39. The van der Waals surface area contributed by atoms with Gasteiger partial charge in [-0.2, -0.15) is 0 Å². The highest BCUT2D eigenvalue weighted by Gasteiger charge is 2.53. The van der Waals surface area contributed by atoms with Crippen LogP contribution in [0.5, 0.6) is 0 Å². The van der Waals surface area contributed by atoms with Gasteiger partial charge in [-0.1, -0.05) is 18.1 Å². The zero-order valence-electron chi connectivity index (χ0n) is 11.5. The van der Waals surface area contributed by atoms with Gasteiger partial charge in [-0.3, -0.25) is 0 Å². The van der Waals surface area contributed by atoms with E-state index in [1.54, 1.807) is 24.8 Å². The highest BCUT2D eigenvalue weighted by atomic mass is 14.9. The fraction of sp³-hybridized carbons (Fsp3) is 0.882. The molecule has 0 aromatic rings. The van der Waals surface area contributed by atoms with Gasteiger partial charge >= 0.3 is 0 Å². The summed E-state index contributed by atoms with van der Waals surface area (Å²) in [5, 5.41) is 3.91. The van der Waals surface area contributed by atoms with Gasteiger partial charge in [0.1, 0.15) is 0 Å². The molecule has 4 rings (SSSR count). The number of hydrogen-bond acceptors (Lipinski definition) is 1. The van der Waals surface area contributed by atoms with Crippen molar-refractivity contribution in [3.63, 3.8) is 0 Å². The highest BCUT2D eigenvalue weighted by molar-refractivity contribution is 5.09. The standard InChI is InChI=1S/C17H27N/c1-2-5-12(4-1)8-9-18-17-11-13-10-16(17)15-7-3-6-14(13)15/h4,13-18H,1-3,5-11H2. The molecule has 4 aliphatic carbocycles. The quantitative estimate of drug-likeness (QED) is 0.741. The second-order valence-corrected chi connectivity index (χ2v) is 7.22. The molecule has 2 bridgehead atoms. The number of rotatable bonds is 4. The zero-order valence-corrected chi connectivity index (χ0v) is 11.5. The summed E-state index contributed by atoms with van der Waals surface area (Å²) in [6.07, 6.45) is 15.6. The van der Waals surface area contributed by atoms with Crippen molar-refractivity contribution in [1.29, 1.82) is 0 Å². The Kier molecular flexibility index (Phi) is 2.99. The normalized spacial score (nSPS) is 45.6. The molecule has 3 fully saturated rings. The average Bonchev–Trinajstić information content (AvgIpc) is 3.12. The number of nitrogens with one attached hydrogen (secondary N) is 1. The Balaban J connectivity index is 1.29. The predicted molar refractivity (Wildman–Crippen MR) is 75.4 cm³/mol. The first-order chi connectivity index (χ1) is 8.92. The maximum atomic E-state index is 3.91. The summed E-state index contributed by atoms with van der Waals surface area (Å²) >= 11 is 0. The minimum atomic E-state index is 0.886. The van der Waals surface area contributed by atoms with Crippen LogP contribution in [-0.2, 0) is 0 Å². The van der Waals surface area contributed by atoms with Crippen molar-refractivity contribution in [2.75, 3.05) is 6.54 Å². The van der Waals surface area contributed by atoms with Gasteiger partial charge < -0.3 is 5.32 Å². The fourth-order valence-electron chi connectivity index (χ4n) is 5.69. The first-order valence-corrected chi connectivity index (χ1v) is 8.33. The fourth-order valence-corrected chi connectivity index (χ4v) is 5.69. The lowest BCUT2D eigenvalue weighted by Gasteiger charge is -2.32. The maximum absolute atomic E-state index is 3.91. The lowest BCUT2D eigenvalue weighted by molar-refractivity contribution is 0.209. The van der Waals surface area contributed by atoms with E-state index in [1.165, 1.54) is 45.1 Å². The summed E-state index contributed by atoms with van der Waals surface area (Å²) in [5.41, 5.74) is 1.73. The van der Waals surface area contributed by atoms with E-state index < -0.39 is 0 Å². The molecule has 1 heteroatoms. The van der Waals surface area contributed by atoms with Crippen LogP contribution in [0, 0.1) is 23.7 Å². The monoisotopic (exact) mass is 245 g/mol. The van der Waals surface area contributed by atoms with Gasteiger partial charge in [0.2, 0.25) is 0 Å². The van der Waals surface area contributed by atoms with Crippen LogP contribution in [0.3, 0.4) is 0 Å². The summed E-state index contributed by atoms with van der Waals surface area (Å²) in [4.78, 5) is 0. The van der Waals surface area contributed by atoms with Gasteiger partial charge in [0, 0.05) is 6.04 Å². The van der Waals surface area contributed by atoms with Crippen LogP contribution in [0.15, 0.2) is 11.6 Å². The molecule has 18 heavy (non-hydrogen) atoms. The first kappa shape index (κ1) is 11.5. The van der Waals surface area contributed by atoms with Gasteiger partial charge in [-0.25, -0.2) is 0 Å². The summed E-state index contributed by atoms with van der Waals surface area (Å²) in [6.45, 7) is 1.25. The SMILES string of the molecule is C1=C(CCNC2CC3CC2C2CCCC32)CCC1. The van der Waals surface area contributed by atoms with Crippen LogP contribution < -0.4 is 5.32 Å². The molecule has 4 aliphatic rings. The van der Waals surface area contributed by atoms with Gasteiger partial charge in [0.15, 0.2) is 0 Å². The van der Waals surface area contributed by atoms with E-state index in [9.17, 15) is 0 Å². The molecule has 5 atom stereocenters. The Morgan fingerprint density at radius 3 is 2.89 bits per heavy atom. The van der Waals surface area contributed by atoms with Crippen LogP contribution in [0.2, 0.25) is 0 Å². The molecule has 0 amide bonds. The number of allylic oxidation sites excluding steroid dienone is 1. The van der Waals surface area contributed by atoms with Crippen molar-refractivity contribution < 1.29 is 0 Å². The summed E-state index contributed by atoms with van der Waals surface area (Å²) in [5.74, 6) is 4.42. The summed E-state index contributed by atoms with van der Waals surface area (Å²) in [7, 11) is 0. The average molecular weight is 245 g/mol. The van der Waals surface area contributed by atoms with Crippen LogP contribution >= 0.6 is 0 Å². The third-order valence-corrected chi connectivity index (χ3v) is 6.42. The first-order valence-electron chi connectivity index (χ1n) is 8.33. The lowest BCUT2D eigenvalue weighted by atomic mass is 9.79. The van der Waals surface area contributed by atoms with E-state index in [1.807, 2.05) is 0 Å². The van der Waals surface area contributed by atoms with E-state index in [0.29, 0.717) is 0 Å². The Hall–Kier alpha value is -0.300. The molecule has 1 nitrogen and oxygen atoms in total.